The van der Waals surface area contributed by atoms with Gasteiger partial charge in [0, 0.05) is 5.41 Å². The first-order valence-corrected chi connectivity index (χ1v) is 6.32. The molecule has 0 saturated carbocycles. The molecule has 0 aromatic heterocycles. The highest BCUT2D eigenvalue weighted by Crippen LogP contribution is 2.34. The van der Waals surface area contributed by atoms with Crippen molar-refractivity contribution < 1.29 is 35.9 Å². The first-order valence-electron chi connectivity index (χ1n) is 2.98. The van der Waals surface area contributed by atoms with Gasteiger partial charge in [0.25, 0.3) is 9.84 Å². The van der Waals surface area contributed by atoms with Crippen LogP contribution in [0.2, 0.25) is 0 Å². The van der Waals surface area contributed by atoms with E-state index in [9.17, 15) is 26.2 Å². The molecule has 0 atom stereocenters. The van der Waals surface area contributed by atoms with Crippen molar-refractivity contribution in [2.45, 2.75) is 5.51 Å². The SMILES string of the molecule is O=P(O)(O)CC=CS(=O)(=O)C(F)(F)F. The van der Waals surface area contributed by atoms with Gasteiger partial charge >= 0.3 is 13.1 Å². The highest BCUT2D eigenvalue weighted by Gasteiger charge is 2.43. The second-order valence-electron chi connectivity index (χ2n) is 2.21. The topological polar surface area (TPSA) is 91.7 Å². The summed E-state index contributed by atoms with van der Waals surface area (Å²) in [7, 11) is -9.97. The quantitative estimate of drug-likeness (QED) is 0.720. The molecular formula is C4H6F3O5PS. The zero-order valence-electron chi connectivity index (χ0n) is 6.47. The Hall–Kier alpha value is -0.370. The van der Waals surface area contributed by atoms with E-state index in [1.54, 1.807) is 0 Å². The summed E-state index contributed by atoms with van der Waals surface area (Å²) < 4.78 is 65.5. The molecule has 0 aliphatic carbocycles. The van der Waals surface area contributed by atoms with Crippen LogP contribution in [-0.4, -0.2) is 29.9 Å². The van der Waals surface area contributed by atoms with Gasteiger partial charge in [-0.15, -0.1) is 0 Å². The summed E-state index contributed by atoms with van der Waals surface area (Å²) in [6.45, 7) is 0. The zero-order valence-corrected chi connectivity index (χ0v) is 8.18. The Kier molecular flexibility index (Phi) is 3.91. The molecule has 0 spiro atoms. The van der Waals surface area contributed by atoms with Crippen molar-refractivity contribution in [2.24, 2.45) is 0 Å². The monoisotopic (exact) mass is 254 g/mol. The summed E-state index contributed by atoms with van der Waals surface area (Å²) in [5, 5.41) is -0.272. The molecule has 2 N–H and O–H groups in total. The van der Waals surface area contributed by atoms with E-state index >= 15 is 0 Å². The Balaban J connectivity index is 4.64. The minimum atomic E-state index is -5.45. The molecule has 84 valence electrons. The number of allylic oxidation sites excluding steroid dienone is 1. The van der Waals surface area contributed by atoms with E-state index < -0.39 is 29.1 Å². The highest BCUT2D eigenvalue weighted by atomic mass is 32.2. The van der Waals surface area contributed by atoms with E-state index in [1.807, 2.05) is 0 Å². The number of halogens is 3. The van der Waals surface area contributed by atoms with E-state index in [2.05, 4.69) is 0 Å². The van der Waals surface area contributed by atoms with Crippen LogP contribution in [0.4, 0.5) is 13.2 Å². The van der Waals surface area contributed by atoms with Crippen molar-refractivity contribution in [3.05, 3.63) is 11.5 Å². The third kappa shape index (κ3) is 4.75. The van der Waals surface area contributed by atoms with Gasteiger partial charge in [0.05, 0.1) is 6.16 Å². The lowest BCUT2D eigenvalue weighted by Crippen LogP contribution is -2.20. The summed E-state index contributed by atoms with van der Waals surface area (Å²) in [6, 6.07) is 0. The lowest BCUT2D eigenvalue weighted by atomic mass is 10.8. The first kappa shape index (κ1) is 13.6. The average Bonchev–Trinajstić information content (AvgIpc) is 1.80. The predicted molar refractivity (Wildman–Crippen MR) is 41.0 cm³/mol. The first-order chi connectivity index (χ1) is 5.96. The summed E-state index contributed by atoms with van der Waals surface area (Å²) in [5.74, 6) is 0. The summed E-state index contributed by atoms with van der Waals surface area (Å²) in [4.78, 5) is 16.4. The fraction of sp³-hybridized carbons (Fsp3) is 0.500. The molecule has 0 rings (SSSR count). The van der Waals surface area contributed by atoms with Crippen LogP contribution in [0.1, 0.15) is 0 Å². The predicted octanol–water partition coefficient (Wildman–Crippen LogP) is 0.612. The van der Waals surface area contributed by atoms with Gasteiger partial charge in [-0.3, -0.25) is 4.57 Å². The van der Waals surface area contributed by atoms with Crippen LogP contribution in [0.15, 0.2) is 11.5 Å². The van der Waals surface area contributed by atoms with Crippen LogP contribution < -0.4 is 0 Å². The molecule has 0 saturated heterocycles. The molecular weight excluding hydrogens is 248 g/mol. The number of sulfone groups is 1. The van der Waals surface area contributed by atoms with Gasteiger partial charge in [-0.1, -0.05) is 6.08 Å². The smallest absolute Gasteiger partial charge is 0.324 e. The Labute approximate surface area is 77.3 Å². The molecule has 0 aliphatic rings. The minimum Gasteiger partial charge on any atom is -0.324 e. The van der Waals surface area contributed by atoms with E-state index in [4.69, 9.17) is 9.79 Å². The number of alkyl halides is 3. The van der Waals surface area contributed by atoms with Crippen LogP contribution in [0.3, 0.4) is 0 Å². The molecule has 0 bridgehead atoms. The van der Waals surface area contributed by atoms with Crippen molar-refractivity contribution in [1.29, 1.82) is 0 Å². The molecule has 14 heavy (non-hydrogen) atoms. The van der Waals surface area contributed by atoms with Crippen LogP contribution in [0, 0.1) is 0 Å². The second kappa shape index (κ2) is 4.01. The van der Waals surface area contributed by atoms with Crippen molar-refractivity contribution >= 4 is 17.4 Å². The maximum atomic E-state index is 11.6. The van der Waals surface area contributed by atoms with Crippen molar-refractivity contribution in [1.82, 2.24) is 0 Å². The molecule has 0 heterocycles. The molecule has 0 radical (unpaired) electrons. The normalized spacial score (nSPS) is 14.9. The summed E-state index contributed by atoms with van der Waals surface area (Å²) >= 11 is 0. The average molecular weight is 254 g/mol. The van der Waals surface area contributed by atoms with Crippen LogP contribution in [-0.2, 0) is 14.4 Å². The van der Waals surface area contributed by atoms with E-state index in [0.29, 0.717) is 0 Å². The van der Waals surface area contributed by atoms with Crippen LogP contribution in [0.5, 0.6) is 0 Å². The molecule has 0 amide bonds. The van der Waals surface area contributed by atoms with Gasteiger partial charge in [-0.25, -0.2) is 8.42 Å². The molecule has 0 aliphatic heterocycles. The highest BCUT2D eigenvalue weighted by molar-refractivity contribution is 7.95. The lowest BCUT2D eigenvalue weighted by molar-refractivity contribution is -0.0423. The fourth-order valence-corrected chi connectivity index (χ4v) is 1.41. The largest absolute Gasteiger partial charge is 0.501 e. The fourth-order valence-electron chi connectivity index (χ4n) is 0.384. The van der Waals surface area contributed by atoms with Crippen molar-refractivity contribution in [3.8, 4) is 0 Å². The Morgan fingerprint density at radius 1 is 1.29 bits per heavy atom. The van der Waals surface area contributed by atoms with Gasteiger partial charge in [-0.2, -0.15) is 13.2 Å². The summed E-state index contributed by atoms with van der Waals surface area (Å²) in [6.07, 6.45) is -0.786. The third-order valence-electron chi connectivity index (χ3n) is 0.941. The van der Waals surface area contributed by atoms with E-state index in [-0.39, 0.29) is 11.5 Å². The van der Waals surface area contributed by atoms with Gasteiger partial charge in [0.1, 0.15) is 0 Å². The minimum absolute atomic E-state index is 0.267. The Morgan fingerprint density at radius 3 is 2.00 bits per heavy atom. The van der Waals surface area contributed by atoms with Gasteiger partial charge in [-0.05, 0) is 0 Å². The molecule has 0 fully saturated rings. The van der Waals surface area contributed by atoms with Crippen molar-refractivity contribution in [3.63, 3.8) is 0 Å². The lowest BCUT2D eigenvalue weighted by Gasteiger charge is -2.02. The third-order valence-corrected chi connectivity index (χ3v) is 2.82. The molecule has 5 nitrogen and oxygen atoms in total. The standard InChI is InChI=1S/C4H6F3O5PS/c5-4(6,7)14(11,12)3-1-2-13(8,9)10/h1,3H,2H2,(H2,8,9,10). The maximum absolute atomic E-state index is 11.6. The zero-order chi connectivity index (χ0) is 11.6. The number of rotatable bonds is 3. The van der Waals surface area contributed by atoms with Crippen LogP contribution in [0.25, 0.3) is 0 Å². The van der Waals surface area contributed by atoms with Crippen molar-refractivity contribution in [2.75, 3.05) is 6.16 Å². The van der Waals surface area contributed by atoms with Crippen LogP contribution >= 0.6 is 7.60 Å². The van der Waals surface area contributed by atoms with Gasteiger partial charge < -0.3 is 9.79 Å². The molecule has 10 heteroatoms. The Morgan fingerprint density at radius 2 is 1.71 bits per heavy atom. The summed E-state index contributed by atoms with van der Waals surface area (Å²) in [5.41, 5.74) is -5.45. The number of hydrogen-bond donors (Lipinski definition) is 2. The van der Waals surface area contributed by atoms with Gasteiger partial charge in [0.15, 0.2) is 0 Å². The van der Waals surface area contributed by atoms with Gasteiger partial charge in [0.2, 0.25) is 0 Å². The van der Waals surface area contributed by atoms with E-state index in [1.165, 1.54) is 0 Å². The molecule has 0 aromatic rings. The second-order valence-corrected chi connectivity index (χ2v) is 5.73. The molecule has 0 unspecified atom stereocenters. The number of hydrogen-bond acceptors (Lipinski definition) is 3. The molecule has 0 aromatic carbocycles. The Bertz CT molecular complexity index is 363. The maximum Gasteiger partial charge on any atom is 0.501 e. The van der Waals surface area contributed by atoms with E-state index in [0.717, 1.165) is 0 Å².